The number of ether oxygens (including phenoxy) is 3. The first kappa shape index (κ1) is 15.6. The maximum absolute atomic E-state index is 12.4. The third-order valence-electron chi connectivity index (χ3n) is 2.88. The average molecular weight is 300 g/mol. The summed E-state index contributed by atoms with van der Waals surface area (Å²) in [5.74, 6) is -0.565. The minimum atomic E-state index is -1.12. The Morgan fingerprint density at radius 2 is 1.50 bits per heavy atom. The lowest BCUT2D eigenvalue weighted by Gasteiger charge is -2.17. The van der Waals surface area contributed by atoms with Crippen LogP contribution < -0.4 is 9.47 Å². The van der Waals surface area contributed by atoms with Crippen molar-refractivity contribution >= 4 is 11.9 Å². The Hall–Kier alpha value is -2.82. The standard InChI is InChI=1S/C17H16O5/c1-12(18)21-16(13-8-4-3-5-9-13)17(19)22-15-11-7-6-10-14(15)20-2/h3-11,16H,1-2H3/t16-/m1/s1. The van der Waals surface area contributed by atoms with Gasteiger partial charge in [0.2, 0.25) is 6.10 Å². The second-order valence-corrected chi connectivity index (χ2v) is 4.47. The van der Waals surface area contributed by atoms with Gasteiger partial charge in [-0.25, -0.2) is 4.79 Å². The molecular weight excluding hydrogens is 284 g/mol. The molecule has 0 aromatic heterocycles. The molecule has 0 unspecified atom stereocenters. The number of carbonyl (C=O) groups excluding carboxylic acids is 2. The van der Waals surface area contributed by atoms with E-state index in [-0.39, 0.29) is 5.75 Å². The van der Waals surface area contributed by atoms with Crippen molar-refractivity contribution in [1.29, 1.82) is 0 Å². The highest BCUT2D eigenvalue weighted by atomic mass is 16.6. The van der Waals surface area contributed by atoms with Crippen LogP contribution in [0.4, 0.5) is 0 Å². The van der Waals surface area contributed by atoms with Gasteiger partial charge in [-0.2, -0.15) is 0 Å². The summed E-state index contributed by atoms with van der Waals surface area (Å²) in [4.78, 5) is 23.6. The number of methoxy groups -OCH3 is 1. The van der Waals surface area contributed by atoms with Gasteiger partial charge in [0.1, 0.15) is 0 Å². The van der Waals surface area contributed by atoms with E-state index in [9.17, 15) is 9.59 Å². The molecule has 5 nitrogen and oxygen atoms in total. The van der Waals surface area contributed by atoms with E-state index < -0.39 is 18.0 Å². The van der Waals surface area contributed by atoms with E-state index in [0.717, 1.165) is 0 Å². The first-order chi connectivity index (χ1) is 10.6. The summed E-state index contributed by atoms with van der Waals surface area (Å²) in [5.41, 5.74) is 0.539. The lowest BCUT2D eigenvalue weighted by Crippen LogP contribution is -2.23. The number of para-hydroxylation sites is 2. The Kier molecular flexibility index (Phi) is 5.14. The summed E-state index contributed by atoms with van der Waals surface area (Å²) in [6.07, 6.45) is -1.12. The molecule has 22 heavy (non-hydrogen) atoms. The van der Waals surface area contributed by atoms with Gasteiger partial charge < -0.3 is 14.2 Å². The topological polar surface area (TPSA) is 61.8 Å². The maximum Gasteiger partial charge on any atom is 0.357 e. The molecule has 1 atom stereocenters. The quantitative estimate of drug-likeness (QED) is 0.627. The van der Waals surface area contributed by atoms with Gasteiger partial charge in [-0.1, -0.05) is 42.5 Å². The van der Waals surface area contributed by atoms with E-state index in [1.54, 1.807) is 54.6 Å². The zero-order valence-electron chi connectivity index (χ0n) is 12.3. The molecule has 0 bridgehead atoms. The molecule has 5 heteroatoms. The number of hydrogen-bond acceptors (Lipinski definition) is 5. The van der Waals surface area contributed by atoms with Crippen LogP contribution in [0.1, 0.15) is 18.6 Å². The Bertz CT molecular complexity index is 651. The summed E-state index contributed by atoms with van der Waals surface area (Å²) < 4.78 is 15.5. The van der Waals surface area contributed by atoms with Gasteiger partial charge in [-0.3, -0.25) is 4.79 Å². The Morgan fingerprint density at radius 3 is 2.09 bits per heavy atom. The molecule has 2 aromatic carbocycles. The van der Waals surface area contributed by atoms with E-state index in [1.165, 1.54) is 14.0 Å². The van der Waals surface area contributed by atoms with Crippen molar-refractivity contribution < 1.29 is 23.8 Å². The first-order valence-electron chi connectivity index (χ1n) is 6.68. The number of hydrogen-bond donors (Lipinski definition) is 0. The molecule has 114 valence electrons. The fraction of sp³-hybridized carbons (Fsp3) is 0.176. The van der Waals surface area contributed by atoms with Crippen LogP contribution in [0.15, 0.2) is 54.6 Å². The van der Waals surface area contributed by atoms with Crippen molar-refractivity contribution in [2.24, 2.45) is 0 Å². The molecule has 2 rings (SSSR count). The maximum atomic E-state index is 12.4. The first-order valence-corrected chi connectivity index (χ1v) is 6.68. The molecule has 0 saturated heterocycles. The zero-order chi connectivity index (χ0) is 15.9. The molecule has 0 spiro atoms. The monoisotopic (exact) mass is 300 g/mol. The van der Waals surface area contributed by atoms with Crippen LogP contribution in [0.3, 0.4) is 0 Å². The molecular formula is C17H16O5. The van der Waals surface area contributed by atoms with Gasteiger partial charge in [0.15, 0.2) is 11.5 Å². The molecule has 0 saturated carbocycles. The third kappa shape index (κ3) is 3.85. The second-order valence-electron chi connectivity index (χ2n) is 4.47. The van der Waals surface area contributed by atoms with E-state index in [0.29, 0.717) is 11.3 Å². The summed E-state index contributed by atoms with van der Waals surface area (Å²) in [7, 11) is 1.48. The van der Waals surface area contributed by atoms with Crippen LogP contribution >= 0.6 is 0 Å². The van der Waals surface area contributed by atoms with E-state index in [2.05, 4.69) is 0 Å². The van der Waals surface area contributed by atoms with Crippen molar-refractivity contribution in [3.8, 4) is 11.5 Å². The second kappa shape index (κ2) is 7.26. The third-order valence-corrected chi connectivity index (χ3v) is 2.88. The van der Waals surface area contributed by atoms with Crippen molar-refractivity contribution in [1.82, 2.24) is 0 Å². The number of rotatable bonds is 5. The average Bonchev–Trinajstić information content (AvgIpc) is 2.53. The molecule has 0 aliphatic rings. The highest BCUT2D eigenvalue weighted by Crippen LogP contribution is 2.28. The predicted octanol–water partition coefficient (Wildman–Crippen LogP) is 2.91. The van der Waals surface area contributed by atoms with E-state index in [1.807, 2.05) is 0 Å². The number of carbonyl (C=O) groups is 2. The molecule has 0 amide bonds. The van der Waals surface area contributed by atoms with Crippen molar-refractivity contribution in [3.05, 3.63) is 60.2 Å². The van der Waals surface area contributed by atoms with Crippen LogP contribution in [0.2, 0.25) is 0 Å². The summed E-state index contributed by atoms with van der Waals surface area (Å²) in [6, 6.07) is 15.4. The van der Waals surface area contributed by atoms with Crippen molar-refractivity contribution in [3.63, 3.8) is 0 Å². The Balaban J connectivity index is 2.24. The molecule has 2 aromatic rings. The van der Waals surface area contributed by atoms with E-state index >= 15 is 0 Å². The van der Waals surface area contributed by atoms with Crippen LogP contribution in [0, 0.1) is 0 Å². The molecule has 0 radical (unpaired) electrons. The lowest BCUT2D eigenvalue weighted by molar-refractivity contribution is -0.161. The van der Waals surface area contributed by atoms with Crippen LogP contribution in [-0.4, -0.2) is 19.0 Å². The molecule has 0 fully saturated rings. The molecule has 0 aliphatic heterocycles. The van der Waals surface area contributed by atoms with Gasteiger partial charge >= 0.3 is 11.9 Å². The van der Waals surface area contributed by atoms with Gasteiger partial charge in [-0.05, 0) is 12.1 Å². The summed E-state index contributed by atoms with van der Waals surface area (Å²) in [6.45, 7) is 1.24. The van der Waals surface area contributed by atoms with E-state index in [4.69, 9.17) is 14.2 Å². The summed E-state index contributed by atoms with van der Waals surface area (Å²) in [5, 5.41) is 0. The van der Waals surface area contributed by atoms with Gasteiger partial charge in [0, 0.05) is 12.5 Å². The minimum Gasteiger partial charge on any atom is -0.493 e. The normalized spacial score (nSPS) is 11.4. The smallest absolute Gasteiger partial charge is 0.357 e. The largest absolute Gasteiger partial charge is 0.493 e. The Labute approximate surface area is 128 Å². The van der Waals surface area contributed by atoms with Gasteiger partial charge in [0.05, 0.1) is 7.11 Å². The van der Waals surface area contributed by atoms with Crippen LogP contribution in [-0.2, 0) is 14.3 Å². The van der Waals surface area contributed by atoms with Crippen LogP contribution in [0.25, 0.3) is 0 Å². The fourth-order valence-electron chi connectivity index (χ4n) is 1.91. The van der Waals surface area contributed by atoms with Gasteiger partial charge in [0.25, 0.3) is 0 Å². The predicted molar refractivity (Wildman–Crippen MR) is 79.6 cm³/mol. The highest BCUT2D eigenvalue weighted by Gasteiger charge is 2.26. The lowest BCUT2D eigenvalue weighted by atomic mass is 10.1. The van der Waals surface area contributed by atoms with Crippen molar-refractivity contribution in [2.75, 3.05) is 7.11 Å². The molecule has 0 heterocycles. The SMILES string of the molecule is COc1ccccc1OC(=O)[C@H](OC(C)=O)c1ccccc1. The minimum absolute atomic E-state index is 0.267. The van der Waals surface area contributed by atoms with Crippen molar-refractivity contribution in [2.45, 2.75) is 13.0 Å². The highest BCUT2D eigenvalue weighted by molar-refractivity contribution is 5.82. The molecule has 0 aliphatic carbocycles. The number of esters is 2. The fourth-order valence-corrected chi connectivity index (χ4v) is 1.91. The zero-order valence-corrected chi connectivity index (χ0v) is 12.3. The van der Waals surface area contributed by atoms with Gasteiger partial charge in [-0.15, -0.1) is 0 Å². The van der Waals surface area contributed by atoms with Crippen LogP contribution in [0.5, 0.6) is 11.5 Å². The summed E-state index contributed by atoms with van der Waals surface area (Å²) >= 11 is 0. The Morgan fingerprint density at radius 1 is 0.909 bits per heavy atom. The molecule has 0 N–H and O–H groups in total. The number of benzene rings is 2.